The van der Waals surface area contributed by atoms with Gasteiger partial charge in [0.15, 0.2) is 17.2 Å². The molecule has 2 unspecified atom stereocenters. The first-order valence-corrected chi connectivity index (χ1v) is 11.7. The Hall–Kier alpha value is -3.33. The zero-order chi connectivity index (χ0) is 25.6. The number of aliphatic hydroxyl groups is 1. The van der Waals surface area contributed by atoms with Crippen molar-refractivity contribution in [3.05, 3.63) is 71.3 Å². The molecule has 1 heterocycles. The van der Waals surface area contributed by atoms with Crippen LogP contribution in [0.15, 0.2) is 48.5 Å². The van der Waals surface area contributed by atoms with E-state index < -0.39 is 40.4 Å². The second-order valence-electron chi connectivity index (χ2n) is 8.83. The van der Waals surface area contributed by atoms with E-state index in [1.54, 1.807) is 11.8 Å². The van der Waals surface area contributed by atoms with E-state index in [-0.39, 0.29) is 37.9 Å². The summed E-state index contributed by atoms with van der Waals surface area (Å²) in [5, 5.41) is 22.4. The molecular weight excluding hydrogens is 458 g/mol. The molecule has 35 heavy (non-hydrogen) atoms. The number of carboxylic acids is 1. The molecule has 2 aromatic carbocycles. The van der Waals surface area contributed by atoms with Gasteiger partial charge in [-0.25, -0.2) is 13.6 Å². The number of benzene rings is 2. The van der Waals surface area contributed by atoms with E-state index in [1.165, 1.54) is 0 Å². The summed E-state index contributed by atoms with van der Waals surface area (Å²) in [5.41, 5.74) is -2.75. The third kappa shape index (κ3) is 5.05. The lowest BCUT2D eigenvalue weighted by molar-refractivity contribution is -0.159. The van der Waals surface area contributed by atoms with Gasteiger partial charge in [-0.15, -0.1) is 0 Å². The molecule has 3 rings (SSSR count). The van der Waals surface area contributed by atoms with Gasteiger partial charge in [0.25, 0.3) is 5.91 Å². The molecule has 0 bridgehead atoms. The molecule has 9 heteroatoms. The second kappa shape index (κ2) is 10.9. The first-order valence-electron chi connectivity index (χ1n) is 11.7. The lowest BCUT2D eigenvalue weighted by atomic mass is 9.63. The molecule has 0 radical (unpaired) electrons. The number of hydrogen-bond donors (Lipinski definition) is 3. The number of nitrogens with one attached hydrogen (secondary N) is 1. The number of carbonyl (C=O) groups is 3. The van der Waals surface area contributed by atoms with Crippen LogP contribution in [0.2, 0.25) is 0 Å². The minimum absolute atomic E-state index is 0.0440. The molecule has 2 amide bonds. The lowest BCUT2D eigenvalue weighted by Gasteiger charge is -2.44. The van der Waals surface area contributed by atoms with E-state index >= 15 is 0 Å². The summed E-state index contributed by atoms with van der Waals surface area (Å²) in [7, 11) is 0. The van der Waals surface area contributed by atoms with Crippen molar-refractivity contribution in [2.45, 2.75) is 44.6 Å². The first-order chi connectivity index (χ1) is 16.7. The van der Waals surface area contributed by atoms with E-state index in [0.717, 1.165) is 17.7 Å². The number of hydrogen-bond acceptors (Lipinski definition) is 4. The van der Waals surface area contributed by atoms with Crippen molar-refractivity contribution in [2.75, 3.05) is 19.7 Å². The van der Waals surface area contributed by atoms with Gasteiger partial charge in [-0.2, -0.15) is 0 Å². The highest BCUT2D eigenvalue weighted by molar-refractivity contribution is 6.01. The highest BCUT2D eigenvalue weighted by Gasteiger charge is 2.63. The van der Waals surface area contributed by atoms with E-state index in [1.807, 2.05) is 30.3 Å². The van der Waals surface area contributed by atoms with Gasteiger partial charge in [0, 0.05) is 25.3 Å². The maximum Gasteiger partial charge on any atom is 0.330 e. The molecule has 7 nitrogen and oxygen atoms in total. The molecule has 1 fully saturated rings. The molecule has 2 atom stereocenters. The summed E-state index contributed by atoms with van der Waals surface area (Å²) >= 11 is 0. The van der Waals surface area contributed by atoms with Gasteiger partial charge in [0.2, 0.25) is 5.91 Å². The Kier molecular flexibility index (Phi) is 8.22. The molecule has 0 spiro atoms. The summed E-state index contributed by atoms with van der Waals surface area (Å²) in [4.78, 5) is 41.2. The van der Waals surface area contributed by atoms with Crippen molar-refractivity contribution in [3.8, 4) is 0 Å². The monoisotopic (exact) mass is 488 g/mol. The van der Waals surface area contributed by atoms with Gasteiger partial charge in [0.1, 0.15) is 0 Å². The van der Waals surface area contributed by atoms with Crippen LogP contribution in [0.4, 0.5) is 8.78 Å². The second-order valence-corrected chi connectivity index (χ2v) is 8.83. The summed E-state index contributed by atoms with van der Waals surface area (Å²) in [5.74, 6) is -5.11. The third-order valence-electron chi connectivity index (χ3n) is 7.00. The normalized spacial score (nSPS) is 19.4. The number of rotatable bonds is 11. The Morgan fingerprint density at radius 1 is 1.14 bits per heavy atom. The Balaban J connectivity index is 1.95. The summed E-state index contributed by atoms with van der Waals surface area (Å²) in [6.45, 7) is 1.98. The summed E-state index contributed by atoms with van der Waals surface area (Å²) in [6.07, 6.45) is 0.826. The summed E-state index contributed by atoms with van der Waals surface area (Å²) < 4.78 is 27.1. The van der Waals surface area contributed by atoms with Crippen molar-refractivity contribution < 1.29 is 33.4 Å². The number of aliphatic hydroxyl groups excluding tert-OH is 1. The van der Waals surface area contributed by atoms with Crippen LogP contribution in [0.25, 0.3) is 0 Å². The fraction of sp³-hybridized carbons (Fsp3) is 0.423. The van der Waals surface area contributed by atoms with E-state index in [2.05, 4.69) is 5.32 Å². The molecule has 188 valence electrons. The maximum absolute atomic E-state index is 13.8. The molecule has 0 saturated carbocycles. The molecular formula is C26H30F2N2O5. The van der Waals surface area contributed by atoms with Crippen LogP contribution in [-0.4, -0.2) is 58.1 Å². The van der Waals surface area contributed by atoms with Crippen LogP contribution < -0.4 is 5.32 Å². The highest BCUT2D eigenvalue weighted by atomic mass is 19.2. The topological polar surface area (TPSA) is 107 Å². The minimum atomic E-state index is -2.01. The maximum atomic E-state index is 13.8. The average Bonchev–Trinajstić information content (AvgIpc) is 3.18. The van der Waals surface area contributed by atoms with Gasteiger partial charge < -0.3 is 20.4 Å². The Morgan fingerprint density at radius 3 is 2.46 bits per heavy atom. The average molecular weight is 489 g/mol. The minimum Gasteiger partial charge on any atom is -0.479 e. The first kappa shape index (κ1) is 26.3. The van der Waals surface area contributed by atoms with E-state index in [4.69, 9.17) is 0 Å². The van der Waals surface area contributed by atoms with Gasteiger partial charge in [-0.3, -0.25) is 9.59 Å². The summed E-state index contributed by atoms with van der Waals surface area (Å²) in [6, 6.07) is 12.1. The van der Waals surface area contributed by atoms with E-state index in [9.17, 15) is 33.4 Å². The molecule has 3 N–H and O–H groups in total. The molecule has 0 aliphatic carbocycles. The molecule has 1 saturated heterocycles. The van der Waals surface area contributed by atoms with Crippen LogP contribution in [0.1, 0.15) is 48.5 Å². The zero-order valence-electron chi connectivity index (χ0n) is 19.6. The standard InChI is InChI=1S/C26H30F2N2O5/c1-2-26(24(34)35,29-22(32)19-9-10-20(27)21(28)17-19)25(12-6-16-31)13-15-30(23(25)33)14-11-18-7-4-3-5-8-18/h3-5,7-10,17,31H,2,6,11-16H2,1H3,(H,29,32)(H,34,35). The molecule has 0 aromatic heterocycles. The van der Waals surface area contributed by atoms with Gasteiger partial charge in [-0.1, -0.05) is 37.3 Å². The zero-order valence-corrected chi connectivity index (χ0v) is 19.6. The number of likely N-dealkylation sites (tertiary alicyclic amines) is 1. The lowest BCUT2D eigenvalue weighted by Crippen LogP contribution is -2.67. The molecule has 1 aliphatic heterocycles. The van der Waals surface area contributed by atoms with Gasteiger partial charge in [-0.05, 0) is 55.9 Å². The van der Waals surface area contributed by atoms with Crippen LogP contribution in [0.3, 0.4) is 0 Å². The molecule has 2 aromatic rings. The smallest absolute Gasteiger partial charge is 0.330 e. The number of carbonyl (C=O) groups excluding carboxylic acids is 2. The Labute approximate surface area is 202 Å². The van der Waals surface area contributed by atoms with Crippen LogP contribution >= 0.6 is 0 Å². The largest absolute Gasteiger partial charge is 0.479 e. The quantitative estimate of drug-likeness (QED) is 0.451. The fourth-order valence-corrected chi connectivity index (χ4v) is 5.04. The number of halogens is 2. The van der Waals surface area contributed by atoms with Crippen molar-refractivity contribution in [3.63, 3.8) is 0 Å². The van der Waals surface area contributed by atoms with Gasteiger partial charge in [0.05, 0.1) is 5.41 Å². The van der Waals surface area contributed by atoms with Crippen LogP contribution in [-0.2, 0) is 16.0 Å². The van der Waals surface area contributed by atoms with Crippen LogP contribution in [0.5, 0.6) is 0 Å². The fourth-order valence-electron chi connectivity index (χ4n) is 5.04. The predicted molar refractivity (Wildman–Crippen MR) is 125 cm³/mol. The van der Waals surface area contributed by atoms with Crippen LogP contribution in [0, 0.1) is 17.0 Å². The van der Waals surface area contributed by atoms with Crippen molar-refractivity contribution in [1.29, 1.82) is 0 Å². The van der Waals surface area contributed by atoms with Crippen molar-refractivity contribution in [1.82, 2.24) is 10.2 Å². The number of carboxylic acid groups (broad SMARTS) is 1. The number of amides is 2. The predicted octanol–water partition coefficient (Wildman–Crippen LogP) is 3.16. The SMILES string of the molecule is CCC(NC(=O)c1ccc(F)c(F)c1)(C(=O)O)C1(CCCO)CCN(CCc2ccccc2)C1=O. The van der Waals surface area contributed by atoms with Gasteiger partial charge >= 0.3 is 5.97 Å². The number of aliphatic carboxylic acids is 1. The Bertz CT molecular complexity index is 1080. The van der Waals surface area contributed by atoms with Crippen molar-refractivity contribution >= 4 is 17.8 Å². The van der Waals surface area contributed by atoms with E-state index in [0.29, 0.717) is 25.6 Å². The Morgan fingerprint density at radius 2 is 1.86 bits per heavy atom. The third-order valence-corrected chi connectivity index (χ3v) is 7.00. The molecule has 1 aliphatic rings. The van der Waals surface area contributed by atoms with Crippen molar-refractivity contribution in [2.24, 2.45) is 5.41 Å². The number of nitrogens with zero attached hydrogens (tertiary/aromatic N) is 1. The highest BCUT2D eigenvalue weighted by Crippen LogP contribution is 2.48.